The summed E-state index contributed by atoms with van der Waals surface area (Å²) in [5, 5.41) is 18.8. The van der Waals surface area contributed by atoms with Gasteiger partial charge in [-0.15, -0.1) is 57.5 Å². The fraction of sp³-hybridized carbons (Fsp3) is 0.521. The van der Waals surface area contributed by atoms with Crippen molar-refractivity contribution in [2.24, 2.45) is 11.8 Å². The molecular formula is C48H65IrNO2SSi-2. The molecule has 1 aromatic heterocycles. The van der Waals surface area contributed by atoms with E-state index in [1.807, 2.05) is 45.2 Å². The average molecular weight is 940 g/mol. The number of carbonyl (C=O) groups is 1. The number of benzene rings is 3. The minimum absolute atomic E-state index is 0. The quantitative estimate of drug-likeness (QED) is 0.0745. The van der Waals surface area contributed by atoms with Crippen molar-refractivity contribution in [2.75, 3.05) is 0 Å². The van der Waals surface area contributed by atoms with Crippen molar-refractivity contribution in [3.63, 3.8) is 0 Å². The van der Waals surface area contributed by atoms with Crippen LogP contribution in [0.5, 0.6) is 0 Å². The molecule has 0 saturated carbocycles. The Hall–Kier alpha value is -2.50. The molecule has 6 rings (SSSR count). The molecule has 2 aliphatic heterocycles. The molecule has 54 heavy (non-hydrogen) atoms. The molecule has 2 atom stereocenters. The van der Waals surface area contributed by atoms with Crippen LogP contribution in [0.25, 0.3) is 32.3 Å². The molecule has 1 radical (unpaired) electrons. The SMILES string of the molecule is CC(C)c1c(C2CCCC[Si]2(C)C)ccc2c3c(sc12)C(c1[c-]c2ccccc2c(C(C)(C)C)c1)[N-]C=C3.CCC(CC)C(=O)/C=C(\O)C(CC)CC.[Ir]. The van der Waals surface area contributed by atoms with Gasteiger partial charge in [-0.2, -0.15) is 6.20 Å². The van der Waals surface area contributed by atoms with E-state index < -0.39 is 8.07 Å². The number of aliphatic hydroxyl groups is 1. The molecular weight excluding hydrogens is 875 g/mol. The summed E-state index contributed by atoms with van der Waals surface area (Å²) in [4.78, 5) is 13.1. The molecule has 0 spiro atoms. The minimum Gasteiger partial charge on any atom is -0.681 e. The Bertz CT molecular complexity index is 1960. The molecule has 4 aromatic rings. The topological polar surface area (TPSA) is 51.4 Å². The summed E-state index contributed by atoms with van der Waals surface area (Å²) < 4.78 is 1.50. The first-order valence-corrected chi connectivity index (χ1v) is 24.6. The van der Waals surface area contributed by atoms with E-state index in [-0.39, 0.29) is 54.9 Å². The van der Waals surface area contributed by atoms with E-state index in [1.54, 1.807) is 11.1 Å². The molecule has 1 saturated heterocycles. The van der Waals surface area contributed by atoms with Crippen LogP contribution in [0.4, 0.5) is 0 Å². The summed E-state index contributed by atoms with van der Waals surface area (Å²) >= 11 is 2.01. The molecule has 2 aliphatic rings. The van der Waals surface area contributed by atoms with Crippen LogP contribution in [0, 0.1) is 17.9 Å². The average Bonchev–Trinajstić information content (AvgIpc) is 3.50. The van der Waals surface area contributed by atoms with Crippen molar-refractivity contribution in [3.05, 3.63) is 105 Å². The van der Waals surface area contributed by atoms with Crippen molar-refractivity contribution in [2.45, 2.75) is 149 Å². The summed E-state index contributed by atoms with van der Waals surface area (Å²) in [6.07, 6.45) is 13.4. The van der Waals surface area contributed by atoms with Crippen LogP contribution in [0.2, 0.25) is 19.1 Å². The minimum atomic E-state index is -1.29. The van der Waals surface area contributed by atoms with Gasteiger partial charge in [0, 0.05) is 53.0 Å². The van der Waals surface area contributed by atoms with Gasteiger partial charge in [-0.25, -0.2) is 0 Å². The normalized spacial score (nSPS) is 18.4. The molecule has 0 amide bonds. The zero-order valence-electron chi connectivity index (χ0n) is 34.9. The van der Waals surface area contributed by atoms with Gasteiger partial charge in [-0.05, 0) is 65.7 Å². The maximum absolute atomic E-state index is 11.7. The number of fused-ring (bicyclic) bond motifs is 4. The Morgan fingerprint density at radius 3 is 2.26 bits per heavy atom. The zero-order chi connectivity index (χ0) is 38.7. The van der Waals surface area contributed by atoms with E-state index in [9.17, 15) is 9.90 Å². The van der Waals surface area contributed by atoms with Gasteiger partial charge >= 0.3 is 0 Å². The summed E-state index contributed by atoms with van der Waals surface area (Å²) in [7, 11) is -1.29. The molecule has 3 heterocycles. The fourth-order valence-corrected chi connectivity index (χ4v) is 14.0. The van der Waals surface area contributed by atoms with E-state index in [0.717, 1.165) is 31.2 Å². The van der Waals surface area contributed by atoms with Crippen LogP contribution in [0.1, 0.15) is 157 Å². The van der Waals surface area contributed by atoms with Crippen molar-refractivity contribution in [1.82, 2.24) is 0 Å². The second-order valence-corrected chi connectivity index (χ2v) is 23.8. The number of ketones is 1. The number of allylic oxidation sites excluding steroid dienone is 2. The molecule has 0 bridgehead atoms. The number of thiophene rings is 1. The maximum atomic E-state index is 11.7. The second kappa shape index (κ2) is 18.6. The van der Waals surface area contributed by atoms with E-state index in [0.29, 0.717) is 5.92 Å². The summed E-state index contributed by atoms with van der Waals surface area (Å²) in [6.45, 7) is 25.1. The standard InChI is InChI=1S/C35H41NSSi.C13H24O2.Ir/c1-22(2)31-28(30-14-10-11-19-38(30,6)7)16-15-26-27-17-18-36-32(34(27)37-33(26)31)24-20-23-12-8-9-13-25(23)29(21-24)35(3,4)5;1-5-10(6-2)12(14)9-13(15)11(7-3)8-4;/h8-9,12-13,15-18,21-22,30,32H,10-11,14,19H2,1-7H3;9-11,14H,5-8H2,1-4H3;/q-2;;/b;12-9-;. The van der Waals surface area contributed by atoms with Gasteiger partial charge in [0.1, 0.15) is 0 Å². The maximum Gasteiger partial charge on any atom is 0.162 e. The molecule has 295 valence electrons. The van der Waals surface area contributed by atoms with Gasteiger partial charge < -0.3 is 10.4 Å². The number of rotatable bonds is 10. The van der Waals surface area contributed by atoms with Crippen LogP contribution in [-0.4, -0.2) is 19.0 Å². The second-order valence-electron chi connectivity index (χ2n) is 17.6. The Morgan fingerprint density at radius 1 is 0.981 bits per heavy atom. The molecule has 1 N–H and O–H groups in total. The number of aliphatic hydroxyl groups excluding tert-OH is 1. The van der Waals surface area contributed by atoms with Crippen LogP contribution in [0.15, 0.2) is 60.5 Å². The van der Waals surface area contributed by atoms with Gasteiger partial charge in [-0.3, -0.25) is 4.79 Å². The molecule has 2 unspecified atom stereocenters. The summed E-state index contributed by atoms with van der Waals surface area (Å²) in [5.41, 5.74) is 8.04. The third kappa shape index (κ3) is 9.36. The van der Waals surface area contributed by atoms with E-state index >= 15 is 0 Å². The molecule has 3 nitrogen and oxygen atoms in total. The number of carbonyl (C=O) groups excluding carboxylic acids is 1. The number of hydrogen-bond donors (Lipinski definition) is 1. The van der Waals surface area contributed by atoms with Crippen molar-refractivity contribution >= 4 is 52.1 Å². The van der Waals surface area contributed by atoms with E-state index in [4.69, 9.17) is 5.32 Å². The van der Waals surface area contributed by atoms with Gasteiger partial charge in [0.25, 0.3) is 0 Å². The van der Waals surface area contributed by atoms with E-state index in [2.05, 4.69) is 102 Å². The van der Waals surface area contributed by atoms with Gasteiger partial charge in [0.2, 0.25) is 0 Å². The monoisotopic (exact) mass is 940 g/mol. The van der Waals surface area contributed by atoms with E-state index in [1.165, 1.54) is 73.8 Å². The summed E-state index contributed by atoms with van der Waals surface area (Å²) in [6, 6.07) is 21.3. The van der Waals surface area contributed by atoms with Gasteiger partial charge in [-0.1, -0.05) is 131 Å². The van der Waals surface area contributed by atoms with Crippen LogP contribution in [-0.2, 0) is 30.3 Å². The molecule has 6 heteroatoms. The van der Waals surface area contributed by atoms with Crippen LogP contribution in [0.3, 0.4) is 0 Å². The smallest absolute Gasteiger partial charge is 0.162 e. The van der Waals surface area contributed by atoms with Gasteiger partial charge in [0.15, 0.2) is 5.78 Å². The van der Waals surface area contributed by atoms with Crippen molar-refractivity contribution < 1.29 is 30.0 Å². The first-order chi connectivity index (χ1) is 25.2. The third-order valence-electron chi connectivity index (χ3n) is 12.2. The fourth-order valence-electron chi connectivity index (χ4n) is 8.87. The van der Waals surface area contributed by atoms with Crippen LogP contribution >= 0.6 is 11.3 Å². The van der Waals surface area contributed by atoms with Crippen LogP contribution < -0.4 is 0 Å². The Morgan fingerprint density at radius 2 is 1.65 bits per heavy atom. The third-order valence-corrected chi connectivity index (χ3v) is 17.6. The first-order valence-electron chi connectivity index (χ1n) is 20.5. The first kappa shape index (κ1) is 44.2. The van der Waals surface area contributed by atoms with Crippen molar-refractivity contribution in [1.29, 1.82) is 0 Å². The van der Waals surface area contributed by atoms with Gasteiger partial charge in [0.05, 0.1) is 13.8 Å². The van der Waals surface area contributed by atoms with Crippen molar-refractivity contribution in [3.8, 4) is 0 Å². The molecule has 1 fully saturated rings. The molecule has 0 aliphatic carbocycles. The largest absolute Gasteiger partial charge is 0.681 e. The predicted octanol–water partition coefficient (Wildman–Crippen LogP) is 15.1. The number of nitrogens with zero attached hydrogens (tertiary/aromatic N) is 1. The molecule has 3 aromatic carbocycles. The Labute approximate surface area is 345 Å². The Balaban J connectivity index is 0.000000347. The summed E-state index contributed by atoms with van der Waals surface area (Å²) in [5.74, 6) is 1.06. The zero-order valence-corrected chi connectivity index (χ0v) is 39.1. The number of hydrogen-bond acceptors (Lipinski definition) is 3. The predicted molar refractivity (Wildman–Crippen MR) is 234 cm³/mol. The Kier molecular flexibility index (Phi) is 15.3.